The number of hydrogen-bond acceptors (Lipinski definition) is 4. The molecule has 1 aromatic rings. The summed E-state index contributed by atoms with van der Waals surface area (Å²) in [7, 11) is 1.57. The van der Waals surface area contributed by atoms with Crippen LogP contribution in [0.5, 0.6) is 0 Å². The molecule has 6 nitrogen and oxygen atoms in total. The van der Waals surface area contributed by atoms with Crippen LogP contribution >= 0.6 is 0 Å². The summed E-state index contributed by atoms with van der Waals surface area (Å²) in [6.45, 7) is 11.8. The number of nitrogens with two attached hydrogens (primary N) is 1. The zero-order valence-corrected chi connectivity index (χ0v) is 14.7. The first kappa shape index (κ1) is 22.0. The number of hydrogen-bond donors (Lipinski definition) is 2. The number of aromatic nitrogens is 2. The van der Waals surface area contributed by atoms with Crippen LogP contribution in [0.3, 0.4) is 0 Å². The van der Waals surface area contributed by atoms with E-state index in [2.05, 4.69) is 22.1 Å². The Kier molecular flexibility index (Phi) is 12.4. The molecule has 0 aliphatic carbocycles. The molecule has 0 aromatic carbocycles. The van der Waals surface area contributed by atoms with Crippen LogP contribution < -0.4 is 16.7 Å². The number of carbonyl (C=O) groups is 1. The van der Waals surface area contributed by atoms with Crippen molar-refractivity contribution in [3.63, 3.8) is 0 Å². The maximum Gasteiger partial charge on any atom is 0.349 e. The lowest BCUT2D eigenvalue weighted by Crippen LogP contribution is -2.27. The topological polar surface area (TPSA) is 90.0 Å². The average molecular weight is 308 g/mol. The highest BCUT2D eigenvalue weighted by molar-refractivity contribution is 5.78. The van der Waals surface area contributed by atoms with E-state index in [9.17, 15) is 9.59 Å². The van der Waals surface area contributed by atoms with Crippen LogP contribution in [0.25, 0.3) is 0 Å². The van der Waals surface area contributed by atoms with Crippen molar-refractivity contribution >= 4 is 11.7 Å². The smallest absolute Gasteiger partial charge is 0.349 e. The zero-order valence-electron chi connectivity index (χ0n) is 14.7. The van der Waals surface area contributed by atoms with Crippen molar-refractivity contribution in [2.75, 3.05) is 12.3 Å². The minimum atomic E-state index is -0.425. The Balaban J connectivity index is 0. The van der Waals surface area contributed by atoms with E-state index in [1.807, 2.05) is 27.7 Å². The Morgan fingerprint density at radius 3 is 2.41 bits per heavy atom. The Morgan fingerprint density at radius 1 is 1.36 bits per heavy atom. The van der Waals surface area contributed by atoms with Gasteiger partial charge in [-0.1, -0.05) is 53.4 Å². The van der Waals surface area contributed by atoms with Gasteiger partial charge in [0.25, 0.3) is 0 Å². The Morgan fingerprint density at radius 2 is 1.91 bits per heavy atom. The van der Waals surface area contributed by atoms with Gasteiger partial charge in [0.05, 0.1) is 12.1 Å². The standard InChI is InChI=1S/C12H16N4O2.2C2H6/c1-8(2)11(17)14-6-4-5-9-7-16(3)12(18)15-10(9)13;2*1-2/h7-8H,6H2,1-3H3,(H,14,17)(H2,13,15,18);2*1-2H3. The number of anilines is 1. The highest BCUT2D eigenvalue weighted by Gasteiger charge is 2.04. The molecule has 0 saturated carbocycles. The van der Waals surface area contributed by atoms with Crippen LogP contribution in [0.2, 0.25) is 0 Å². The zero-order chi connectivity index (χ0) is 17.7. The molecule has 1 aromatic heterocycles. The van der Waals surface area contributed by atoms with Gasteiger partial charge in [-0.3, -0.25) is 4.79 Å². The van der Waals surface area contributed by atoms with E-state index in [4.69, 9.17) is 5.73 Å². The monoisotopic (exact) mass is 308 g/mol. The number of nitrogen functional groups attached to an aromatic ring is 1. The van der Waals surface area contributed by atoms with Crippen molar-refractivity contribution in [2.45, 2.75) is 41.5 Å². The van der Waals surface area contributed by atoms with Crippen molar-refractivity contribution in [1.29, 1.82) is 0 Å². The molecular weight excluding hydrogens is 280 g/mol. The molecule has 0 fully saturated rings. The van der Waals surface area contributed by atoms with Gasteiger partial charge in [-0.2, -0.15) is 4.98 Å². The van der Waals surface area contributed by atoms with E-state index in [0.717, 1.165) is 0 Å². The van der Waals surface area contributed by atoms with Gasteiger partial charge in [0, 0.05) is 19.2 Å². The molecular formula is C16H28N4O2. The lowest BCUT2D eigenvalue weighted by atomic mass is 10.2. The van der Waals surface area contributed by atoms with Gasteiger partial charge < -0.3 is 15.6 Å². The molecule has 1 rings (SSSR count). The lowest BCUT2D eigenvalue weighted by Gasteiger charge is -2.03. The van der Waals surface area contributed by atoms with Crippen molar-refractivity contribution in [3.8, 4) is 11.8 Å². The van der Waals surface area contributed by atoms with Gasteiger partial charge in [0.15, 0.2) is 0 Å². The first-order chi connectivity index (χ1) is 10.4. The first-order valence-corrected chi connectivity index (χ1v) is 7.51. The molecule has 22 heavy (non-hydrogen) atoms. The van der Waals surface area contributed by atoms with Crippen LogP contribution in [-0.2, 0) is 11.8 Å². The number of rotatable bonds is 2. The second-order valence-electron chi connectivity index (χ2n) is 4.11. The van der Waals surface area contributed by atoms with Crippen molar-refractivity contribution in [2.24, 2.45) is 13.0 Å². The molecule has 0 atom stereocenters. The maximum atomic E-state index is 11.3. The molecule has 6 heteroatoms. The van der Waals surface area contributed by atoms with Crippen molar-refractivity contribution in [1.82, 2.24) is 14.9 Å². The summed E-state index contributed by atoms with van der Waals surface area (Å²) in [6.07, 6.45) is 1.52. The minimum Gasteiger partial charge on any atom is -0.382 e. The molecule has 1 heterocycles. The van der Waals surface area contributed by atoms with Crippen molar-refractivity contribution in [3.05, 3.63) is 22.2 Å². The van der Waals surface area contributed by atoms with Gasteiger partial charge in [-0.15, -0.1) is 0 Å². The van der Waals surface area contributed by atoms with E-state index in [1.165, 1.54) is 10.8 Å². The molecule has 0 aliphatic rings. The fourth-order valence-electron chi connectivity index (χ4n) is 1.13. The molecule has 0 spiro atoms. The highest BCUT2D eigenvalue weighted by Crippen LogP contribution is 2.01. The number of nitrogens with one attached hydrogen (secondary N) is 1. The molecule has 3 N–H and O–H groups in total. The van der Waals surface area contributed by atoms with Gasteiger partial charge in [0.1, 0.15) is 5.82 Å². The SMILES string of the molecule is CC.CC.CC(C)C(=O)NCC#Cc1cn(C)c(=O)nc1N. The first-order valence-electron chi connectivity index (χ1n) is 7.51. The number of aryl methyl sites for hydroxylation is 1. The highest BCUT2D eigenvalue weighted by atomic mass is 16.2. The van der Waals surface area contributed by atoms with Gasteiger partial charge >= 0.3 is 5.69 Å². The normalized spacial score (nSPS) is 8.55. The second kappa shape index (κ2) is 12.5. The van der Waals surface area contributed by atoms with Crippen molar-refractivity contribution < 1.29 is 4.79 Å². The fraction of sp³-hybridized carbons (Fsp3) is 0.562. The summed E-state index contributed by atoms with van der Waals surface area (Å²) in [5, 5.41) is 2.66. The molecule has 0 aliphatic heterocycles. The molecule has 1 amide bonds. The summed E-state index contributed by atoms with van der Waals surface area (Å²) in [4.78, 5) is 26.0. The van der Waals surface area contributed by atoms with E-state index >= 15 is 0 Å². The van der Waals surface area contributed by atoms with E-state index in [-0.39, 0.29) is 24.2 Å². The summed E-state index contributed by atoms with van der Waals surface area (Å²) in [5.74, 6) is 5.49. The Bertz CT molecular complexity index is 566. The molecule has 124 valence electrons. The summed E-state index contributed by atoms with van der Waals surface area (Å²) >= 11 is 0. The predicted octanol–water partition coefficient (Wildman–Crippen LogP) is 1.54. The predicted molar refractivity (Wildman–Crippen MR) is 91.3 cm³/mol. The van der Waals surface area contributed by atoms with Crippen LogP contribution in [0.4, 0.5) is 5.82 Å². The van der Waals surface area contributed by atoms with E-state index < -0.39 is 5.69 Å². The third kappa shape index (κ3) is 8.10. The number of carbonyl (C=O) groups excluding carboxylic acids is 1. The molecule has 0 radical (unpaired) electrons. The molecule has 0 unspecified atom stereocenters. The van der Waals surface area contributed by atoms with Gasteiger partial charge in [-0.25, -0.2) is 4.79 Å². The van der Waals surface area contributed by atoms with Crippen LogP contribution in [0.1, 0.15) is 47.1 Å². The van der Waals surface area contributed by atoms with E-state index in [1.54, 1.807) is 20.9 Å². The average Bonchev–Trinajstić information content (AvgIpc) is 2.52. The van der Waals surface area contributed by atoms with E-state index in [0.29, 0.717) is 5.56 Å². The summed E-state index contributed by atoms with van der Waals surface area (Å²) in [6, 6.07) is 0. The lowest BCUT2D eigenvalue weighted by molar-refractivity contribution is -0.123. The maximum absolute atomic E-state index is 11.3. The third-order valence-corrected chi connectivity index (χ3v) is 2.21. The number of amides is 1. The Labute approximate surface area is 133 Å². The van der Waals surface area contributed by atoms with Crippen LogP contribution in [0.15, 0.2) is 11.0 Å². The Hall–Kier alpha value is -2.29. The molecule has 0 saturated heterocycles. The second-order valence-corrected chi connectivity index (χ2v) is 4.11. The summed E-state index contributed by atoms with van der Waals surface area (Å²) in [5.41, 5.74) is 5.61. The van der Waals surface area contributed by atoms with Gasteiger partial charge in [0.2, 0.25) is 5.91 Å². The molecule has 0 bridgehead atoms. The van der Waals surface area contributed by atoms with Crippen LogP contribution in [-0.4, -0.2) is 22.0 Å². The van der Waals surface area contributed by atoms with Crippen LogP contribution in [0, 0.1) is 17.8 Å². The number of nitrogens with zero attached hydrogens (tertiary/aromatic N) is 2. The third-order valence-electron chi connectivity index (χ3n) is 2.21. The quantitative estimate of drug-likeness (QED) is 0.811. The van der Waals surface area contributed by atoms with Gasteiger partial charge in [-0.05, 0) is 0 Å². The summed E-state index contributed by atoms with van der Waals surface area (Å²) < 4.78 is 1.30. The minimum absolute atomic E-state index is 0.0594. The fourth-order valence-corrected chi connectivity index (χ4v) is 1.13. The largest absolute Gasteiger partial charge is 0.382 e.